The van der Waals surface area contributed by atoms with Gasteiger partial charge in [0.1, 0.15) is 22.9 Å². The van der Waals surface area contributed by atoms with E-state index in [0.717, 1.165) is 31.9 Å². The van der Waals surface area contributed by atoms with Crippen molar-refractivity contribution in [3.05, 3.63) is 95.3 Å². The minimum absolute atomic E-state index is 0.113. The van der Waals surface area contributed by atoms with Gasteiger partial charge in [-0.2, -0.15) is 5.10 Å². The predicted octanol–water partition coefficient (Wildman–Crippen LogP) is 5.46. The Morgan fingerprint density at radius 2 is 1.77 bits per heavy atom. The zero-order valence-electron chi connectivity index (χ0n) is 25.8. The second-order valence-corrected chi connectivity index (χ2v) is 13.2. The maximum absolute atomic E-state index is 13.8. The molecule has 8 rings (SSSR count). The fourth-order valence-electron chi connectivity index (χ4n) is 6.60. The van der Waals surface area contributed by atoms with Crippen molar-refractivity contribution in [2.45, 2.75) is 63.6 Å². The van der Waals surface area contributed by atoms with Crippen molar-refractivity contribution in [3.8, 4) is 16.9 Å². The molecule has 2 aliphatic carbocycles. The Bertz CT molecular complexity index is 2090. The summed E-state index contributed by atoms with van der Waals surface area (Å²) in [6, 6.07) is 11.3. The van der Waals surface area contributed by atoms with E-state index in [9.17, 15) is 18.4 Å². The van der Waals surface area contributed by atoms with Crippen molar-refractivity contribution in [3.63, 3.8) is 0 Å². The highest BCUT2D eigenvalue weighted by atomic mass is 19.1. The number of hydrogen-bond donors (Lipinski definition) is 1. The van der Waals surface area contributed by atoms with Crippen LogP contribution in [-0.4, -0.2) is 42.1 Å². The third kappa shape index (κ3) is 4.90. The van der Waals surface area contributed by atoms with Gasteiger partial charge in [0.05, 0.1) is 53.5 Å². The van der Waals surface area contributed by atoms with Crippen molar-refractivity contribution in [2.24, 2.45) is 11.7 Å². The molecular formula is C35H31F2N7O3. The molecule has 0 atom stereocenters. The van der Waals surface area contributed by atoms with Gasteiger partial charge >= 0.3 is 0 Å². The largest absolute Gasteiger partial charge is 0.476 e. The molecule has 3 aliphatic rings. The number of nitrogens with two attached hydrogens (primary N) is 1. The summed E-state index contributed by atoms with van der Waals surface area (Å²) in [5, 5.41) is 5.42. The first-order valence-corrected chi connectivity index (χ1v) is 15.6. The first-order valence-electron chi connectivity index (χ1n) is 15.6. The number of carbonyl (C=O) groups is 2. The van der Waals surface area contributed by atoms with Gasteiger partial charge in [0, 0.05) is 10.9 Å². The Balaban J connectivity index is 1.30. The molecule has 5 heterocycles. The van der Waals surface area contributed by atoms with Crippen molar-refractivity contribution < 1.29 is 23.1 Å². The van der Waals surface area contributed by atoms with Crippen molar-refractivity contribution in [1.29, 1.82) is 0 Å². The number of carbonyl (C=O) groups excluding carboxylic acids is 2. The number of ether oxygens (including phenoxy) is 1. The molecule has 0 unspecified atom stereocenters. The van der Waals surface area contributed by atoms with Gasteiger partial charge in [-0.1, -0.05) is 6.07 Å². The van der Waals surface area contributed by atoms with E-state index in [1.807, 2.05) is 16.8 Å². The molecule has 2 N–H and O–H groups in total. The van der Waals surface area contributed by atoms with Crippen LogP contribution in [0.25, 0.3) is 22.2 Å². The van der Waals surface area contributed by atoms with Gasteiger partial charge in [0.2, 0.25) is 0 Å². The third-order valence-electron chi connectivity index (χ3n) is 9.32. The number of halogens is 2. The van der Waals surface area contributed by atoms with Crippen molar-refractivity contribution in [1.82, 2.24) is 24.7 Å². The van der Waals surface area contributed by atoms with Crippen LogP contribution in [0, 0.1) is 17.6 Å². The Hall–Kier alpha value is -5.26. The molecule has 1 aromatic carbocycles. The van der Waals surface area contributed by atoms with Crippen LogP contribution < -0.4 is 15.4 Å². The SMILES string of the molecule is CC1(C)Oc2cc(-c3c(C(N)=O)c(CC4CC4)nc4c3cnn4C3(c4ccc(F)cn4)CC3)ccc2N(Cc2ccc(F)cn2)C1=O. The molecular weight excluding hydrogens is 604 g/mol. The molecule has 2 fully saturated rings. The summed E-state index contributed by atoms with van der Waals surface area (Å²) in [5.41, 5.74) is 8.78. The van der Waals surface area contributed by atoms with Crippen LogP contribution in [0.1, 0.15) is 67.0 Å². The number of benzene rings is 1. The Morgan fingerprint density at radius 3 is 2.40 bits per heavy atom. The molecule has 1 aliphatic heterocycles. The molecule has 10 nitrogen and oxygen atoms in total. The van der Waals surface area contributed by atoms with E-state index in [2.05, 4.69) is 9.97 Å². The van der Waals surface area contributed by atoms with Gasteiger partial charge in [0.15, 0.2) is 11.2 Å². The Morgan fingerprint density at radius 1 is 1.02 bits per heavy atom. The van der Waals surface area contributed by atoms with E-state index >= 15 is 0 Å². The molecule has 2 saturated carbocycles. The van der Waals surface area contributed by atoms with Crippen LogP contribution in [0.2, 0.25) is 0 Å². The Kier molecular flexibility index (Phi) is 6.44. The standard InChI is InChI=1S/C35H31F2N7O3/c1-34(2)33(46)43(18-23-8-6-21(36)15-39-23)26-9-5-20(14-27(26)47-34)29-24-17-41-44(35(11-12-35)28-10-7-22(37)16-40-28)32(24)42-25(13-19-3-4-19)30(29)31(38)45/h5-10,14-17,19H,3-4,11-13,18H2,1-2H3,(H2,38,45). The molecule has 2 amide bonds. The minimum atomic E-state index is -1.21. The summed E-state index contributed by atoms with van der Waals surface area (Å²) >= 11 is 0. The first-order chi connectivity index (χ1) is 22.5. The summed E-state index contributed by atoms with van der Waals surface area (Å²) in [6.45, 7) is 3.49. The number of rotatable bonds is 8. The average molecular weight is 636 g/mol. The molecule has 0 bridgehead atoms. The Labute approximate surface area is 268 Å². The van der Waals surface area contributed by atoms with Gasteiger partial charge in [-0.05, 0) is 93.8 Å². The smallest absolute Gasteiger partial charge is 0.271 e. The molecule has 5 aromatic rings. The quantitative estimate of drug-likeness (QED) is 0.240. The van der Waals surface area contributed by atoms with E-state index in [-0.39, 0.29) is 12.5 Å². The van der Waals surface area contributed by atoms with Crippen molar-refractivity contribution >= 4 is 28.5 Å². The average Bonchev–Trinajstić information content (AvgIpc) is 3.98. The summed E-state index contributed by atoms with van der Waals surface area (Å²) in [7, 11) is 0. The van der Waals surface area contributed by atoms with Crippen LogP contribution in [0.4, 0.5) is 14.5 Å². The lowest BCUT2D eigenvalue weighted by Gasteiger charge is -2.39. The van der Waals surface area contributed by atoms with Crippen LogP contribution in [-0.2, 0) is 23.3 Å². The summed E-state index contributed by atoms with van der Waals surface area (Å²) in [5.74, 6) is -0.919. The van der Waals surface area contributed by atoms with Gasteiger partial charge in [-0.15, -0.1) is 0 Å². The summed E-state index contributed by atoms with van der Waals surface area (Å²) in [4.78, 5) is 41.9. The highest BCUT2D eigenvalue weighted by molar-refractivity contribution is 6.09. The zero-order valence-corrected chi connectivity index (χ0v) is 25.8. The molecule has 12 heteroatoms. The van der Waals surface area contributed by atoms with E-state index < -0.39 is 28.7 Å². The third-order valence-corrected chi connectivity index (χ3v) is 9.32. The lowest BCUT2D eigenvalue weighted by atomic mass is 9.92. The number of pyridine rings is 3. The summed E-state index contributed by atoms with van der Waals surface area (Å²) in [6.07, 6.45) is 8.21. The number of amides is 2. The minimum Gasteiger partial charge on any atom is -0.476 e. The van der Waals surface area contributed by atoms with Crippen LogP contribution in [0.5, 0.6) is 5.75 Å². The van der Waals surface area contributed by atoms with Crippen LogP contribution >= 0.6 is 0 Å². The topological polar surface area (TPSA) is 129 Å². The zero-order chi connectivity index (χ0) is 32.7. The van der Waals surface area contributed by atoms with Gasteiger partial charge in [-0.3, -0.25) is 24.5 Å². The molecule has 4 aromatic heterocycles. The van der Waals surface area contributed by atoms with Crippen LogP contribution in [0.15, 0.2) is 61.1 Å². The number of aromatic nitrogens is 5. The number of primary amides is 1. The van der Waals surface area contributed by atoms with E-state index in [1.54, 1.807) is 43.1 Å². The molecule has 0 saturated heterocycles. The monoisotopic (exact) mass is 635 g/mol. The number of hydrogen-bond acceptors (Lipinski definition) is 7. The molecule has 238 valence electrons. The normalized spacial score (nSPS) is 17.8. The van der Waals surface area contributed by atoms with Gasteiger partial charge in [-0.25, -0.2) is 18.4 Å². The van der Waals surface area contributed by atoms with E-state index in [1.165, 1.54) is 18.3 Å². The van der Waals surface area contributed by atoms with Gasteiger partial charge in [0.25, 0.3) is 11.8 Å². The lowest BCUT2D eigenvalue weighted by Crippen LogP contribution is -2.52. The highest BCUT2D eigenvalue weighted by Gasteiger charge is 2.50. The second kappa shape index (κ2) is 10.4. The van der Waals surface area contributed by atoms with Gasteiger partial charge < -0.3 is 10.5 Å². The number of anilines is 1. The maximum Gasteiger partial charge on any atom is 0.271 e. The summed E-state index contributed by atoms with van der Waals surface area (Å²) < 4.78 is 35.5. The fraction of sp³-hybridized carbons (Fsp3) is 0.314. The lowest BCUT2D eigenvalue weighted by molar-refractivity contribution is -0.132. The number of fused-ring (bicyclic) bond motifs is 2. The second-order valence-electron chi connectivity index (χ2n) is 13.2. The first kappa shape index (κ1) is 29.2. The number of nitrogens with zero attached hydrogens (tertiary/aromatic N) is 6. The van der Waals surface area contributed by atoms with Crippen molar-refractivity contribution in [2.75, 3.05) is 4.90 Å². The van der Waals surface area contributed by atoms with E-state index in [4.69, 9.17) is 20.6 Å². The molecule has 0 spiro atoms. The fourth-order valence-corrected chi connectivity index (χ4v) is 6.60. The molecule has 47 heavy (non-hydrogen) atoms. The predicted molar refractivity (Wildman–Crippen MR) is 169 cm³/mol. The van der Waals surface area contributed by atoms with E-state index in [0.29, 0.717) is 68.6 Å². The maximum atomic E-state index is 13.8. The highest BCUT2D eigenvalue weighted by Crippen LogP contribution is 2.51. The van der Waals surface area contributed by atoms with Crippen LogP contribution in [0.3, 0.4) is 0 Å². The molecule has 0 radical (unpaired) electrons.